The summed E-state index contributed by atoms with van der Waals surface area (Å²) in [6.07, 6.45) is 18.3. The van der Waals surface area contributed by atoms with Crippen molar-refractivity contribution in [3.8, 4) is 0 Å². The van der Waals surface area contributed by atoms with Gasteiger partial charge in [-0.2, -0.15) is 0 Å². The van der Waals surface area contributed by atoms with Gasteiger partial charge in [-0.15, -0.1) is 0 Å². The van der Waals surface area contributed by atoms with Gasteiger partial charge in [-0.3, -0.25) is 0 Å². The molecule has 0 aliphatic carbocycles. The van der Waals surface area contributed by atoms with Gasteiger partial charge in [0.25, 0.3) is 11.6 Å². The Morgan fingerprint density at radius 3 is 1.23 bits per heavy atom. The Hall–Kier alpha value is -9.78. The second-order valence-electron chi connectivity index (χ2n) is 24.2. The van der Waals surface area contributed by atoms with Gasteiger partial charge in [-0.1, -0.05) is 206 Å². The number of likely N-dealkylation sites (N-methyl/N-ethyl adjacent to an activating group) is 2. The quantitative estimate of drug-likeness (QED) is 0.0901. The molecule has 0 unspecified atom stereocenters. The number of benzene rings is 10. The van der Waals surface area contributed by atoms with Gasteiger partial charge in [-0.25, -0.2) is 18.3 Å². The zero-order chi connectivity index (χ0) is 59.2. The molecular formula is C81H76N6+2. The summed E-state index contributed by atoms with van der Waals surface area (Å²) in [7, 11) is 9.03. The number of aromatic nitrogens is 4. The fraction of sp³-hybridized carbons (Fsp3) is 0.185. The summed E-state index contributed by atoms with van der Waals surface area (Å²) >= 11 is 0. The van der Waals surface area contributed by atoms with Gasteiger partial charge in [0.15, 0.2) is 22.1 Å². The van der Waals surface area contributed by atoms with Gasteiger partial charge in [0.1, 0.15) is 0 Å². The Morgan fingerprint density at radius 2 is 0.793 bits per heavy atom. The van der Waals surface area contributed by atoms with Crippen LogP contribution < -0.4 is 18.9 Å². The highest BCUT2D eigenvalue weighted by Crippen LogP contribution is 2.57. The van der Waals surface area contributed by atoms with Crippen molar-refractivity contribution < 1.29 is 9.13 Å². The van der Waals surface area contributed by atoms with Crippen LogP contribution in [-0.2, 0) is 70.1 Å². The fourth-order valence-electron chi connectivity index (χ4n) is 15.5. The molecule has 2 aliphatic rings. The predicted molar refractivity (Wildman–Crippen MR) is 363 cm³/mol. The number of aryl methyl sites for hydroxylation is 4. The summed E-state index contributed by atoms with van der Waals surface area (Å²) in [6, 6.07) is 86.0. The third-order valence-corrected chi connectivity index (χ3v) is 19.3. The lowest BCUT2D eigenvalue weighted by Crippen LogP contribution is -2.35. The summed E-state index contributed by atoms with van der Waals surface area (Å²) < 4.78 is 9.51. The molecule has 6 heteroatoms. The Morgan fingerprint density at radius 1 is 0.414 bits per heavy atom. The molecule has 0 atom stereocenters. The van der Waals surface area contributed by atoms with Crippen LogP contribution in [0.15, 0.2) is 266 Å². The second-order valence-corrected chi connectivity index (χ2v) is 24.2. The standard InChI is InChI=1S/C81H76N6/c1-7-86-70-45-27-25-43-68(70)84(5)76(86)49-29-47-74-80(54-58-31-13-9-14-32-58,55-59-33-15-10-16-34-59)78-66-41-23-21-39-64(66)62(52-72(78)82(74)3)51-63-53-73-79(67-42-24-22-40-65(63)67)81(56-60-35-17-11-18-36-60,57-61-37-19-12-20-38-61)75(83(73)4)48-30-50-77-85(6)69-44-26-28-46-71(69)87(77)8-2/h9-50,52-53H,7-8,51,54-57H2,1-6H3/q+2. The SMILES string of the molecule is CCn1c(/C=C/C=C2/N(C)c3cc(Cc4cc5c(c6ccccc46)C(Cc4ccccc4)(Cc4ccccc4)/C(=C\C=C\c4n(C)c6ccccc6[n+]4CC)N5C)c4ccccc4c3C2(Cc2ccccc2)Cc2ccccc2)[n+](C)c2ccccc21. The van der Waals surface area contributed by atoms with E-state index >= 15 is 0 Å². The molecule has 0 saturated carbocycles. The van der Waals surface area contributed by atoms with E-state index in [9.17, 15) is 0 Å². The van der Waals surface area contributed by atoms with Crippen LogP contribution in [0.3, 0.4) is 0 Å². The smallest absolute Gasteiger partial charge is 0.282 e. The van der Waals surface area contributed by atoms with Crippen molar-refractivity contribution in [2.24, 2.45) is 14.1 Å². The number of hydrogen-bond donors (Lipinski definition) is 0. The first-order chi connectivity index (χ1) is 42.7. The fourth-order valence-corrected chi connectivity index (χ4v) is 15.5. The molecule has 428 valence electrons. The minimum absolute atomic E-state index is 0.416. The summed E-state index contributed by atoms with van der Waals surface area (Å²) in [5.41, 5.74) is 20.0. The molecule has 0 saturated heterocycles. The minimum Gasteiger partial charge on any atom is -0.347 e. The molecule has 12 aromatic rings. The third kappa shape index (κ3) is 9.50. The van der Waals surface area contributed by atoms with E-state index in [1.807, 2.05) is 0 Å². The normalized spacial score (nSPS) is 15.4. The zero-order valence-corrected chi connectivity index (χ0v) is 51.0. The number of rotatable bonds is 16. The predicted octanol–water partition coefficient (Wildman–Crippen LogP) is 16.7. The van der Waals surface area contributed by atoms with E-state index < -0.39 is 10.8 Å². The maximum atomic E-state index is 2.56. The lowest BCUT2D eigenvalue weighted by Gasteiger charge is -2.34. The highest BCUT2D eigenvalue weighted by atomic mass is 15.2. The average Bonchev–Trinajstić information content (AvgIpc) is 1.64. The number of anilines is 2. The molecule has 4 heterocycles. The van der Waals surface area contributed by atoms with E-state index in [1.54, 1.807) is 0 Å². The molecule has 0 N–H and O–H groups in total. The second kappa shape index (κ2) is 22.9. The van der Waals surface area contributed by atoms with Crippen LogP contribution in [0.2, 0.25) is 0 Å². The lowest BCUT2D eigenvalue weighted by atomic mass is 9.68. The molecule has 0 spiro atoms. The van der Waals surface area contributed by atoms with Crippen LogP contribution >= 0.6 is 0 Å². The topological polar surface area (TPSA) is 24.1 Å². The summed E-state index contributed by atoms with van der Waals surface area (Å²) in [6.45, 7) is 6.24. The van der Waals surface area contributed by atoms with Crippen LogP contribution in [0.5, 0.6) is 0 Å². The van der Waals surface area contributed by atoms with Crippen LogP contribution in [0, 0.1) is 0 Å². The first-order valence-electron chi connectivity index (χ1n) is 31.1. The van der Waals surface area contributed by atoms with E-state index in [0.29, 0.717) is 0 Å². The maximum absolute atomic E-state index is 2.56. The zero-order valence-electron chi connectivity index (χ0n) is 51.0. The average molecular weight is 1130 g/mol. The van der Waals surface area contributed by atoms with Crippen molar-refractivity contribution in [2.45, 2.75) is 69.9 Å². The number of para-hydroxylation sites is 4. The highest BCUT2D eigenvalue weighted by Gasteiger charge is 2.49. The van der Waals surface area contributed by atoms with Gasteiger partial charge in [0.05, 0.1) is 27.2 Å². The van der Waals surface area contributed by atoms with Crippen molar-refractivity contribution in [1.82, 2.24) is 9.13 Å². The summed E-state index contributed by atoms with van der Waals surface area (Å²) in [5.74, 6) is 2.35. The van der Waals surface area contributed by atoms with Crippen molar-refractivity contribution in [3.63, 3.8) is 0 Å². The molecule has 0 amide bonds. The minimum atomic E-state index is -0.416. The number of fused-ring (bicyclic) bond motifs is 8. The Labute approximate surface area is 512 Å². The van der Waals surface area contributed by atoms with E-state index in [2.05, 4.69) is 337 Å². The van der Waals surface area contributed by atoms with Gasteiger partial charge in [0, 0.05) is 59.8 Å². The maximum Gasteiger partial charge on any atom is 0.282 e. The van der Waals surface area contributed by atoms with Gasteiger partial charge < -0.3 is 9.80 Å². The molecule has 0 bridgehead atoms. The molecule has 14 rings (SSSR count). The Kier molecular flexibility index (Phi) is 14.5. The number of allylic oxidation sites excluding steroid dienone is 6. The van der Waals surface area contributed by atoms with Crippen LogP contribution in [-0.4, -0.2) is 23.2 Å². The van der Waals surface area contributed by atoms with E-state index in [-0.39, 0.29) is 0 Å². The molecular weight excluding hydrogens is 1060 g/mol. The number of nitrogens with zero attached hydrogens (tertiary/aromatic N) is 6. The van der Waals surface area contributed by atoms with Gasteiger partial charge in [0.2, 0.25) is 0 Å². The monoisotopic (exact) mass is 1130 g/mol. The van der Waals surface area contributed by atoms with Gasteiger partial charge >= 0.3 is 0 Å². The first-order valence-corrected chi connectivity index (χ1v) is 31.1. The third-order valence-electron chi connectivity index (χ3n) is 19.3. The first kappa shape index (κ1) is 55.1. The van der Waals surface area contributed by atoms with E-state index in [0.717, 1.165) is 45.2 Å². The van der Waals surface area contributed by atoms with Crippen LogP contribution in [0.1, 0.15) is 70.0 Å². The van der Waals surface area contributed by atoms with Crippen molar-refractivity contribution >= 4 is 67.1 Å². The Bertz CT molecular complexity index is 4290. The molecule has 6 nitrogen and oxygen atoms in total. The molecule has 10 aromatic carbocycles. The summed E-state index contributed by atoms with van der Waals surface area (Å²) in [4.78, 5) is 5.08. The Balaban J connectivity index is 0.958. The van der Waals surface area contributed by atoms with Crippen LogP contribution in [0.25, 0.3) is 55.8 Å². The van der Waals surface area contributed by atoms with Crippen LogP contribution in [0.4, 0.5) is 11.4 Å². The van der Waals surface area contributed by atoms with Crippen molar-refractivity contribution in [1.29, 1.82) is 0 Å². The van der Waals surface area contributed by atoms with Gasteiger partial charge in [-0.05, 0) is 161 Å². The molecule has 2 aromatic heterocycles. The van der Waals surface area contributed by atoms with E-state index in [4.69, 9.17) is 0 Å². The number of imidazole rings is 2. The largest absolute Gasteiger partial charge is 0.347 e. The van der Waals surface area contributed by atoms with Crippen molar-refractivity contribution in [3.05, 3.63) is 322 Å². The van der Waals surface area contributed by atoms with E-state index in [1.165, 1.54) is 123 Å². The number of hydrogen-bond acceptors (Lipinski definition) is 2. The molecule has 0 radical (unpaired) electrons. The summed E-state index contributed by atoms with van der Waals surface area (Å²) in [5, 5.41) is 5.23. The molecule has 2 aliphatic heterocycles. The lowest BCUT2D eigenvalue weighted by molar-refractivity contribution is -0.670. The molecule has 87 heavy (non-hydrogen) atoms. The molecule has 0 fully saturated rings. The van der Waals surface area contributed by atoms with Crippen molar-refractivity contribution in [2.75, 3.05) is 23.9 Å². The highest BCUT2D eigenvalue weighted by molar-refractivity contribution is 6.01.